The number of aryl methyl sites for hydroxylation is 1. The van der Waals surface area contributed by atoms with Gasteiger partial charge in [-0.05, 0) is 30.5 Å². The molecule has 0 saturated carbocycles. The largest absolute Gasteiger partial charge is 0.496 e. The van der Waals surface area contributed by atoms with Gasteiger partial charge in [0, 0.05) is 20.5 Å². The van der Waals surface area contributed by atoms with E-state index in [2.05, 4.69) is 6.07 Å². The second-order valence-electron chi connectivity index (χ2n) is 3.99. The van der Waals surface area contributed by atoms with Gasteiger partial charge in [0.15, 0.2) is 0 Å². The Morgan fingerprint density at radius 2 is 2.12 bits per heavy atom. The quantitative estimate of drug-likeness (QED) is 0.778. The number of nitrogens with zero attached hydrogens (tertiary/aromatic N) is 1. The smallest absolute Gasteiger partial charge is 0.219 e. The summed E-state index contributed by atoms with van der Waals surface area (Å²) in [5.74, 6) is 1.01. The van der Waals surface area contributed by atoms with E-state index in [4.69, 9.17) is 4.74 Å². The number of likely N-dealkylation sites (N-methyl/N-ethyl adjacent to an activating group) is 1. The molecule has 3 nitrogen and oxygen atoms in total. The molecule has 0 heterocycles. The van der Waals surface area contributed by atoms with Crippen molar-refractivity contribution >= 4 is 5.91 Å². The summed E-state index contributed by atoms with van der Waals surface area (Å²) in [5.41, 5.74) is 2.36. The minimum Gasteiger partial charge on any atom is -0.496 e. The van der Waals surface area contributed by atoms with Crippen LogP contribution in [0.2, 0.25) is 0 Å². The maximum atomic E-state index is 11.0. The van der Waals surface area contributed by atoms with Crippen molar-refractivity contribution in [2.75, 3.05) is 20.7 Å². The average Bonchev–Trinajstić information content (AvgIpc) is 2.25. The van der Waals surface area contributed by atoms with Crippen molar-refractivity contribution in [3.05, 3.63) is 29.3 Å². The molecule has 1 aromatic carbocycles. The predicted molar refractivity (Wildman–Crippen MR) is 64.7 cm³/mol. The van der Waals surface area contributed by atoms with Crippen molar-refractivity contribution in [3.8, 4) is 5.75 Å². The summed E-state index contributed by atoms with van der Waals surface area (Å²) in [6, 6.07) is 6.12. The molecule has 0 aliphatic heterocycles. The molecule has 0 spiro atoms. The molecular formula is C13H19NO2. The highest BCUT2D eigenvalue weighted by atomic mass is 16.5. The van der Waals surface area contributed by atoms with Crippen LogP contribution >= 0.6 is 0 Å². The minimum atomic E-state index is 0.102. The fourth-order valence-corrected chi connectivity index (χ4v) is 1.55. The van der Waals surface area contributed by atoms with Crippen molar-refractivity contribution in [1.29, 1.82) is 0 Å². The molecule has 0 fully saturated rings. The lowest BCUT2D eigenvalue weighted by molar-refractivity contribution is -0.127. The number of carbonyl (C=O) groups excluding carboxylic acids is 1. The highest BCUT2D eigenvalue weighted by molar-refractivity contribution is 5.72. The molecule has 0 N–H and O–H groups in total. The van der Waals surface area contributed by atoms with Crippen LogP contribution in [0.1, 0.15) is 18.1 Å². The first-order valence-corrected chi connectivity index (χ1v) is 5.40. The van der Waals surface area contributed by atoms with Gasteiger partial charge >= 0.3 is 0 Å². The zero-order valence-corrected chi connectivity index (χ0v) is 10.4. The number of hydrogen-bond donors (Lipinski definition) is 0. The van der Waals surface area contributed by atoms with Crippen LogP contribution in [0.5, 0.6) is 5.75 Å². The predicted octanol–water partition coefficient (Wildman–Crippen LogP) is 2.02. The van der Waals surface area contributed by atoms with E-state index < -0.39 is 0 Å². The van der Waals surface area contributed by atoms with Crippen molar-refractivity contribution in [2.24, 2.45) is 0 Å². The van der Waals surface area contributed by atoms with Crippen molar-refractivity contribution in [2.45, 2.75) is 20.3 Å². The maximum absolute atomic E-state index is 11.0. The lowest BCUT2D eigenvalue weighted by Crippen LogP contribution is -2.26. The number of amides is 1. The Balaban J connectivity index is 2.62. The molecule has 0 saturated heterocycles. The van der Waals surface area contributed by atoms with E-state index in [-0.39, 0.29) is 5.91 Å². The van der Waals surface area contributed by atoms with E-state index in [1.807, 2.05) is 26.1 Å². The van der Waals surface area contributed by atoms with Crippen LogP contribution in [0.15, 0.2) is 18.2 Å². The van der Waals surface area contributed by atoms with Crippen molar-refractivity contribution < 1.29 is 9.53 Å². The van der Waals surface area contributed by atoms with Crippen LogP contribution in [0, 0.1) is 6.92 Å². The van der Waals surface area contributed by atoms with Gasteiger partial charge in [-0.2, -0.15) is 0 Å². The molecule has 0 bridgehead atoms. The molecule has 16 heavy (non-hydrogen) atoms. The van der Waals surface area contributed by atoms with Crippen molar-refractivity contribution in [3.63, 3.8) is 0 Å². The van der Waals surface area contributed by atoms with Crippen molar-refractivity contribution in [1.82, 2.24) is 4.90 Å². The number of ether oxygens (including phenoxy) is 1. The Morgan fingerprint density at radius 3 is 2.62 bits per heavy atom. The van der Waals surface area contributed by atoms with Gasteiger partial charge in [0.1, 0.15) is 5.75 Å². The first-order chi connectivity index (χ1) is 7.54. The Hall–Kier alpha value is -1.51. The van der Waals surface area contributed by atoms with Gasteiger partial charge in [-0.15, -0.1) is 0 Å². The second kappa shape index (κ2) is 5.54. The summed E-state index contributed by atoms with van der Waals surface area (Å²) in [5, 5.41) is 0. The normalized spacial score (nSPS) is 10.0. The molecule has 0 atom stereocenters. The van der Waals surface area contributed by atoms with E-state index in [9.17, 15) is 4.79 Å². The van der Waals surface area contributed by atoms with E-state index in [0.29, 0.717) is 0 Å². The van der Waals surface area contributed by atoms with Crippen LogP contribution in [0.3, 0.4) is 0 Å². The molecule has 0 radical (unpaired) electrons. The summed E-state index contributed by atoms with van der Waals surface area (Å²) >= 11 is 0. The number of hydrogen-bond acceptors (Lipinski definition) is 2. The molecular weight excluding hydrogens is 202 g/mol. The molecule has 1 rings (SSSR count). The second-order valence-corrected chi connectivity index (χ2v) is 3.99. The van der Waals surface area contributed by atoms with Gasteiger partial charge in [0.05, 0.1) is 7.11 Å². The van der Waals surface area contributed by atoms with Gasteiger partial charge in [-0.3, -0.25) is 4.79 Å². The summed E-state index contributed by atoms with van der Waals surface area (Å²) in [7, 11) is 3.49. The highest BCUT2D eigenvalue weighted by Gasteiger charge is 2.04. The minimum absolute atomic E-state index is 0.102. The third-order valence-electron chi connectivity index (χ3n) is 2.73. The number of methoxy groups -OCH3 is 1. The highest BCUT2D eigenvalue weighted by Crippen LogP contribution is 2.18. The SMILES string of the molecule is COc1ccc(CCN(C)C(C)=O)cc1C. The lowest BCUT2D eigenvalue weighted by atomic mass is 10.1. The van der Waals surface area contributed by atoms with E-state index in [1.54, 1.807) is 18.9 Å². The Bertz CT molecular complexity index is 374. The van der Waals surface area contributed by atoms with Gasteiger partial charge in [0.25, 0.3) is 0 Å². The topological polar surface area (TPSA) is 29.5 Å². The molecule has 0 aliphatic rings. The van der Waals surface area contributed by atoms with Crippen LogP contribution in [-0.4, -0.2) is 31.5 Å². The summed E-state index contributed by atoms with van der Waals surface area (Å²) < 4.78 is 5.20. The van der Waals surface area contributed by atoms with Crippen LogP contribution in [0.4, 0.5) is 0 Å². The fourth-order valence-electron chi connectivity index (χ4n) is 1.55. The Labute approximate surface area is 97.0 Å². The molecule has 1 amide bonds. The van der Waals surface area contributed by atoms with Crippen LogP contribution in [-0.2, 0) is 11.2 Å². The number of rotatable bonds is 4. The monoisotopic (exact) mass is 221 g/mol. The standard InChI is InChI=1S/C13H19NO2/c1-10-9-12(5-6-13(10)16-4)7-8-14(3)11(2)15/h5-6,9H,7-8H2,1-4H3. The number of carbonyl (C=O) groups is 1. The maximum Gasteiger partial charge on any atom is 0.219 e. The molecule has 0 aliphatic carbocycles. The zero-order chi connectivity index (χ0) is 12.1. The molecule has 3 heteroatoms. The van der Waals surface area contributed by atoms with Gasteiger partial charge < -0.3 is 9.64 Å². The lowest BCUT2D eigenvalue weighted by Gasteiger charge is -2.15. The molecule has 1 aromatic rings. The van der Waals surface area contributed by atoms with Crippen LogP contribution < -0.4 is 4.74 Å². The molecule has 0 unspecified atom stereocenters. The van der Waals surface area contributed by atoms with Crippen LogP contribution in [0.25, 0.3) is 0 Å². The summed E-state index contributed by atoms with van der Waals surface area (Å²) in [6.07, 6.45) is 0.876. The Kier molecular flexibility index (Phi) is 4.35. The van der Waals surface area contributed by atoms with Gasteiger partial charge in [-0.1, -0.05) is 12.1 Å². The third kappa shape index (κ3) is 3.26. The average molecular weight is 221 g/mol. The molecule has 0 aromatic heterocycles. The van der Waals surface area contributed by atoms with E-state index >= 15 is 0 Å². The summed E-state index contributed by atoms with van der Waals surface area (Å²) in [6.45, 7) is 4.36. The third-order valence-corrected chi connectivity index (χ3v) is 2.73. The Morgan fingerprint density at radius 1 is 1.44 bits per heavy atom. The van der Waals surface area contributed by atoms with E-state index in [1.165, 1.54) is 5.56 Å². The first kappa shape index (κ1) is 12.6. The fraction of sp³-hybridized carbons (Fsp3) is 0.462. The first-order valence-electron chi connectivity index (χ1n) is 5.40. The van der Waals surface area contributed by atoms with E-state index in [0.717, 1.165) is 24.3 Å². The van der Waals surface area contributed by atoms with Gasteiger partial charge in [-0.25, -0.2) is 0 Å². The van der Waals surface area contributed by atoms with Gasteiger partial charge in [0.2, 0.25) is 5.91 Å². The molecule has 88 valence electrons. The summed E-state index contributed by atoms with van der Waals surface area (Å²) in [4.78, 5) is 12.8. The zero-order valence-electron chi connectivity index (χ0n) is 10.4. The number of benzene rings is 1.